The Balaban J connectivity index is 1.47. The van der Waals surface area contributed by atoms with Crippen LogP contribution in [0.15, 0.2) is 146 Å². The van der Waals surface area contributed by atoms with E-state index in [2.05, 4.69) is 4.98 Å². The van der Waals surface area contributed by atoms with Crippen molar-refractivity contribution in [2.45, 2.75) is 6.18 Å². The van der Waals surface area contributed by atoms with Crippen LogP contribution in [-0.4, -0.2) is 24.5 Å². The standard InChI is InChI=1S/C39H24F3N5/c40-39(41,42)29-16-17-31-30-13-7-8-14-33(30)47(35(31)24-29)34-18-15-28(25-19-21-43-22-20-25)23-32(34)38-45-36(26-9-3-1-4-10-26)44-37(46-38)27-11-5-2-6-12-27/h1-24H. The molecule has 0 bridgehead atoms. The van der Waals surface area contributed by atoms with Crippen LogP contribution in [0.4, 0.5) is 13.2 Å². The summed E-state index contributed by atoms with van der Waals surface area (Å²) in [6.45, 7) is 0. The first kappa shape index (κ1) is 28.3. The number of alkyl halides is 3. The highest BCUT2D eigenvalue weighted by atomic mass is 19.4. The summed E-state index contributed by atoms with van der Waals surface area (Å²) < 4.78 is 44.1. The molecule has 8 aromatic rings. The predicted molar refractivity (Wildman–Crippen MR) is 179 cm³/mol. The van der Waals surface area contributed by atoms with Gasteiger partial charge in [0.2, 0.25) is 0 Å². The van der Waals surface area contributed by atoms with E-state index in [1.807, 2.05) is 120 Å². The minimum atomic E-state index is -4.51. The normalized spacial score (nSPS) is 11.7. The molecule has 0 radical (unpaired) electrons. The highest BCUT2D eigenvalue weighted by Gasteiger charge is 2.31. The highest BCUT2D eigenvalue weighted by Crippen LogP contribution is 2.40. The van der Waals surface area contributed by atoms with Crippen molar-refractivity contribution in [2.24, 2.45) is 0 Å². The SMILES string of the molecule is FC(F)(F)c1ccc2c3ccccc3n(-c3ccc(-c4ccncc4)cc3-c3nc(-c4ccccc4)nc(-c4ccccc4)n3)c2c1. The second kappa shape index (κ2) is 11.3. The van der Waals surface area contributed by atoms with Crippen molar-refractivity contribution in [1.29, 1.82) is 0 Å². The summed E-state index contributed by atoms with van der Waals surface area (Å²) >= 11 is 0. The zero-order valence-electron chi connectivity index (χ0n) is 24.7. The summed E-state index contributed by atoms with van der Waals surface area (Å²) in [5.74, 6) is 1.36. The van der Waals surface area contributed by atoms with Crippen molar-refractivity contribution < 1.29 is 13.2 Å². The maximum absolute atomic E-state index is 14.1. The first-order valence-corrected chi connectivity index (χ1v) is 15.0. The van der Waals surface area contributed by atoms with Crippen LogP contribution in [0.2, 0.25) is 0 Å². The molecule has 0 atom stereocenters. The second-order valence-corrected chi connectivity index (χ2v) is 11.1. The van der Waals surface area contributed by atoms with Crippen molar-refractivity contribution in [3.8, 4) is 51.0 Å². The number of halogens is 3. The van der Waals surface area contributed by atoms with Crippen LogP contribution in [0.1, 0.15) is 5.56 Å². The first-order chi connectivity index (χ1) is 22.9. The fraction of sp³-hybridized carbons (Fsp3) is 0.0256. The topological polar surface area (TPSA) is 56.5 Å². The van der Waals surface area contributed by atoms with Crippen molar-refractivity contribution >= 4 is 21.8 Å². The lowest BCUT2D eigenvalue weighted by molar-refractivity contribution is -0.137. The zero-order chi connectivity index (χ0) is 32.0. The van der Waals surface area contributed by atoms with E-state index in [1.54, 1.807) is 18.5 Å². The average Bonchev–Trinajstić information content (AvgIpc) is 3.45. The summed E-state index contributed by atoms with van der Waals surface area (Å²) in [6.07, 6.45) is -1.07. The van der Waals surface area contributed by atoms with Gasteiger partial charge >= 0.3 is 6.18 Å². The van der Waals surface area contributed by atoms with E-state index in [9.17, 15) is 13.2 Å². The summed E-state index contributed by atoms with van der Waals surface area (Å²) in [5.41, 5.74) is 5.18. The highest BCUT2D eigenvalue weighted by molar-refractivity contribution is 6.10. The van der Waals surface area contributed by atoms with Gasteiger partial charge in [-0.15, -0.1) is 0 Å². The van der Waals surface area contributed by atoms with E-state index in [-0.39, 0.29) is 0 Å². The fourth-order valence-electron chi connectivity index (χ4n) is 5.97. The lowest BCUT2D eigenvalue weighted by Gasteiger charge is -2.17. The molecule has 0 aliphatic heterocycles. The molecule has 0 aliphatic rings. The van der Waals surface area contributed by atoms with Crippen LogP contribution in [-0.2, 0) is 6.18 Å². The Morgan fingerprint density at radius 2 is 1.06 bits per heavy atom. The molecule has 3 aromatic heterocycles. The van der Waals surface area contributed by atoms with Gasteiger partial charge in [-0.3, -0.25) is 4.98 Å². The molecule has 0 unspecified atom stereocenters. The maximum atomic E-state index is 14.1. The third kappa shape index (κ3) is 5.19. The molecular formula is C39H24F3N5. The summed E-state index contributed by atoms with van der Waals surface area (Å²) in [7, 11) is 0. The molecule has 0 saturated carbocycles. The van der Waals surface area contributed by atoms with Crippen molar-refractivity contribution in [3.63, 3.8) is 0 Å². The molecule has 5 aromatic carbocycles. The Hall–Kier alpha value is -6.15. The van der Waals surface area contributed by atoms with E-state index in [0.717, 1.165) is 39.2 Å². The van der Waals surface area contributed by atoms with Gasteiger partial charge in [0.25, 0.3) is 0 Å². The minimum Gasteiger partial charge on any atom is -0.308 e. The van der Waals surface area contributed by atoms with Gasteiger partial charge in [-0.1, -0.05) is 91.0 Å². The van der Waals surface area contributed by atoms with Crippen molar-refractivity contribution in [1.82, 2.24) is 24.5 Å². The molecule has 5 nitrogen and oxygen atoms in total. The molecule has 0 saturated heterocycles. The van der Waals surface area contributed by atoms with Gasteiger partial charge in [0.1, 0.15) is 0 Å². The molecule has 226 valence electrons. The Morgan fingerprint density at radius 3 is 1.72 bits per heavy atom. The number of aromatic nitrogens is 5. The van der Waals surface area contributed by atoms with Gasteiger partial charge in [-0.05, 0) is 53.6 Å². The second-order valence-electron chi connectivity index (χ2n) is 11.1. The van der Waals surface area contributed by atoms with Gasteiger partial charge in [-0.2, -0.15) is 13.2 Å². The van der Waals surface area contributed by atoms with Crippen LogP contribution in [0.25, 0.3) is 72.8 Å². The molecular weight excluding hydrogens is 595 g/mol. The average molecular weight is 620 g/mol. The largest absolute Gasteiger partial charge is 0.416 e. The minimum absolute atomic E-state index is 0.390. The third-order valence-electron chi connectivity index (χ3n) is 8.19. The molecule has 0 spiro atoms. The van der Waals surface area contributed by atoms with E-state index in [0.29, 0.717) is 39.6 Å². The number of para-hydroxylation sites is 1. The molecule has 47 heavy (non-hydrogen) atoms. The summed E-state index contributed by atoms with van der Waals surface area (Å²) in [5, 5.41) is 1.55. The van der Waals surface area contributed by atoms with Gasteiger partial charge in [0, 0.05) is 39.9 Å². The quantitative estimate of drug-likeness (QED) is 0.192. The number of pyridine rings is 1. The lowest BCUT2D eigenvalue weighted by Crippen LogP contribution is -2.06. The predicted octanol–water partition coefficient (Wildman–Crippen LogP) is 10.1. The van der Waals surface area contributed by atoms with Crippen LogP contribution >= 0.6 is 0 Å². The molecule has 3 heterocycles. The van der Waals surface area contributed by atoms with Crippen LogP contribution in [0.3, 0.4) is 0 Å². The molecule has 8 heteroatoms. The zero-order valence-corrected chi connectivity index (χ0v) is 24.7. The Morgan fingerprint density at radius 1 is 0.468 bits per heavy atom. The smallest absolute Gasteiger partial charge is 0.308 e. The Labute approximate surface area is 267 Å². The number of fused-ring (bicyclic) bond motifs is 3. The Bertz CT molecular complexity index is 2330. The van der Waals surface area contributed by atoms with Crippen LogP contribution < -0.4 is 0 Å². The number of hydrogen-bond acceptors (Lipinski definition) is 4. The monoisotopic (exact) mass is 619 g/mol. The number of benzene rings is 5. The fourth-order valence-corrected chi connectivity index (χ4v) is 5.97. The van der Waals surface area contributed by atoms with Gasteiger partial charge in [0.05, 0.1) is 22.3 Å². The molecule has 0 fully saturated rings. The Kier molecular flexibility index (Phi) is 6.83. The number of hydrogen-bond donors (Lipinski definition) is 0. The van der Waals surface area contributed by atoms with Gasteiger partial charge < -0.3 is 4.57 Å². The number of rotatable bonds is 5. The molecule has 0 amide bonds. The molecule has 0 aliphatic carbocycles. The van der Waals surface area contributed by atoms with Crippen LogP contribution in [0, 0.1) is 0 Å². The summed E-state index contributed by atoms with van der Waals surface area (Å²) in [4.78, 5) is 19.0. The summed E-state index contributed by atoms with van der Waals surface area (Å²) in [6, 6.07) is 40.5. The van der Waals surface area contributed by atoms with Gasteiger partial charge in [-0.25, -0.2) is 15.0 Å². The van der Waals surface area contributed by atoms with Crippen molar-refractivity contribution in [2.75, 3.05) is 0 Å². The van der Waals surface area contributed by atoms with E-state index >= 15 is 0 Å². The first-order valence-electron chi connectivity index (χ1n) is 15.0. The van der Waals surface area contributed by atoms with Crippen LogP contribution in [0.5, 0.6) is 0 Å². The lowest BCUT2D eigenvalue weighted by atomic mass is 10.0. The van der Waals surface area contributed by atoms with E-state index < -0.39 is 11.7 Å². The maximum Gasteiger partial charge on any atom is 0.416 e. The number of nitrogens with zero attached hydrogens (tertiary/aromatic N) is 5. The van der Waals surface area contributed by atoms with Gasteiger partial charge in [0.15, 0.2) is 17.5 Å². The van der Waals surface area contributed by atoms with Crippen molar-refractivity contribution in [3.05, 3.63) is 151 Å². The third-order valence-corrected chi connectivity index (χ3v) is 8.19. The molecule has 0 N–H and O–H groups in total. The molecule has 8 rings (SSSR count). The van der Waals surface area contributed by atoms with E-state index in [4.69, 9.17) is 15.0 Å². The van der Waals surface area contributed by atoms with E-state index in [1.165, 1.54) is 6.07 Å².